The Morgan fingerprint density at radius 3 is 2.71 bits per heavy atom. The lowest BCUT2D eigenvalue weighted by atomic mass is 10.1. The molecule has 3 rings (SSSR count). The van der Waals surface area contributed by atoms with E-state index in [9.17, 15) is 4.79 Å². The molecule has 21 heavy (non-hydrogen) atoms. The van der Waals surface area contributed by atoms with Crippen molar-refractivity contribution in [2.75, 3.05) is 11.1 Å². The predicted molar refractivity (Wildman–Crippen MR) is 86.1 cm³/mol. The molecule has 1 amide bonds. The third kappa shape index (κ3) is 2.47. The zero-order chi connectivity index (χ0) is 15.1. The first-order valence-electron chi connectivity index (χ1n) is 6.23. The fourth-order valence-corrected chi connectivity index (χ4v) is 3.82. The predicted octanol–water partition coefficient (Wildman–Crippen LogP) is 2.91. The number of nitrogen functional groups attached to an aromatic ring is 1. The van der Waals surface area contributed by atoms with Gasteiger partial charge in [0, 0.05) is 22.6 Å². The number of aryl methyl sites for hydroxylation is 3. The summed E-state index contributed by atoms with van der Waals surface area (Å²) in [6, 6.07) is 1.96. The lowest BCUT2D eigenvalue weighted by Gasteiger charge is -2.01. The lowest BCUT2D eigenvalue weighted by Crippen LogP contribution is -2.11. The van der Waals surface area contributed by atoms with Gasteiger partial charge in [0.2, 0.25) is 5.13 Å². The molecule has 3 heterocycles. The van der Waals surface area contributed by atoms with E-state index in [-0.39, 0.29) is 5.91 Å². The molecule has 0 saturated heterocycles. The van der Waals surface area contributed by atoms with E-state index in [1.165, 1.54) is 11.3 Å². The van der Waals surface area contributed by atoms with E-state index < -0.39 is 0 Å². The molecule has 0 aliphatic rings. The van der Waals surface area contributed by atoms with Gasteiger partial charge in [-0.2, -0.15) is 4.37 Å². The summed E-state index contributed by atoms with van der Waals surface area (Å²) >= 11 is 2.44. The summed E-state index contributed by atoms with van der Waals surface area (Å²) in [5.74, 6) is 0.358. The molecule has 108 valence electrons. The second-order valence-corrected chi connectivity index (χ2v) is 6.46. The van der Waals surface area contributed by atoms with Crippen LogP contribution in [0.1, 0.15) is 26.8 Å². The summed E-state index contributed by atoms with van der Waals surface area (Å²) in [6.45, 7) is 5.66. The number of carbonyl (C=O) groups is 1. The molecular formula is C13H13N5OS2. The number of carbonyl (C=O) groups excluding carboxylic acids is 1. The third-order valence-electron chi connectivity index (χ3n) is 2.98. The Morgan fingerprint density at radius 2 is 2.05 bits per heavy atom. The molecule has 0 aromatic carbocycles. The highest BCUT2D eigenvalue weighted by molar-refractivity contribution is 7.21. The number of hydrogen-bond acceptors (Lipinski definition) is 7. The van der Waals surface area contributed by atoms with Crippen LogP contribution in [0, 0.1) is 20.8 Å². The minimum absolute atomic E-state index is 0.274. The van der Waals surface area contributed by atoms with Gasteiger partial charge in [0.1, 0.15) is 15.5 Å². The largest absolute Gasteiger partial charge is 0.397 e. The maximum absolute atomic E-state index is 12.3. The monoisotopic (exact) mass is 319 g/mol. The third-order valence-corrected chi connectivity index (χ3v) is 4.80. The van der Waals surface area contributed by atoms with Crippen LogP contribution < -0.4 is 11.1 Å². The van der Waals surface area contributed by atoms with E-state index in [2.05, 4.69) is 19.7 Å². The molecule has 0 atom stereocenters. The summed E-state index contributed by atoms with van der Waals surface area (Å²) in [5, 5.41) is 4.04. The zero-order valence-electron chi connectivity index (χ0n) is 11.7. The highest BCUT2D eigenvalue weighted by Gasteiger charge is 2.19. The standard InChI is InChI=1S/C13H13N5OS2/c1-5-4-6(2)15-12-8(5)9(14)10(20-12)11(19)17-13-16-7(3)18-21-13/h4H,14H2,1-3H3,(H,16,17,18,19). The van der Waals surface area contributed by atoms with E-state index in [0.717, 1.165) is 33.0 Å². The molecule has 0 aliphatic carbocycles. The quantitative estimate of drug-likeness (QED) is 0.757. The number of nitrogens with two attached hydrogens (primary N) is 1. The minimum atomic E-state index is -0.274. The van der Waals surface area contributed by atoms with Crippen LogP contribution in [-0.2, 0) is 0 Å². The Morgan fingerprint density at radius 1 is 1.29 bits per heavy atom. The summed E-state index contributed by atoms with van der Waals surface area (Å²) in [6.07, 6.45) is 0. The van der Waals surface area contributed by atoms with Gasteiger partial charge in [-0.1, -0.05) is 0 Å². The number of fused-ring (bicyclic) bond motifs is 1. The van der Waals surface area contributed by atoms with E-state index >= 15 is 0 Å². The summed E-state index contributed by atoms with van der Waals surface area (Å²) in [7, 11) is 0. The van der Waals surface area contributed by atoms with Crippen LogP contribution in [-0.4, -0.2) is 20.2 Å². The van der Waals surface area contributed by atoms with Crippen LogP contribution in [0.3, 0.4) is 0 Å². The van der Waals surface area contributed by atoms with E-state index in [4.69, 9.17) is 5.73 Å². The van der Waals surface area contributed by atoms with E-state index in [1.807, 2.05) is 19.9 Å². The minimum Gasteiger partial charge on any atom is -0.397 e. The van der Waals surface area contributed by atoms with Crippen molar-refractivity contribution in [3.63, 3.8) is 0 Å². The molecule has 0 aliphatic heterocycles. The number of nitrogens with one attached hydrogen (secondary N) is 1. The number of thiophene rings is 1. The highest BCUT2D eigenvalue weighted by atomic mass is 32.1. The number of hydrogen-bond donors (Lipinski definition) is 2. The van der Waals surface area contributed by atoms with E-state index in [0.29, 0.717) is 21.5 Å². The Balaban J connectivity index is 2.02. The van der Waals surface area contributed by atoms with Gasteiger partial charge in [-0.3, -0.25) is 10.1 Å². The van der Waals surface area contributed by atoms with Crippen LogP contribution in [0.5, 0.6) is 0 Å². The first kappa shape index (κ1) is 13.9. The maximum atomic E-state index is 12.3. The van der Waals surface area contributed by atoms with Crippen molar-refractivity contribution in [2.45, 2.75) is 20.8 Å². The van der Waals surface area contributed by atoms with Crippen LogP contribution in [0.4, 0.5) is 10.8 Å². The highest BCUT2D eigenvalue weighted by Crippen LogP contribution is 2.35. The molecule has 6 nitrogen and oxygen atoms in total. The normalized spacial score (nSPS) is 11.0. The fraction of sp³-hybridized carbons (Fsp3) is 0.231. The number of aromatic nitrogens is 3. The molecule has 3 aromatic rings. The molecule has 0 saturated carbocycles. The Labute approximate surface area is 129 Å². The molecule has 8 heteroatoms. The lowest BCUT2D eigenvalue weighted by molar-refractivity contribution is 0.103. The average molecular weight is 319 g/mol. The summed E-state index contributed by atoms with van der Waals surface area (Å²) in [5.41, 5.74) is 8.53. The fourth-order valence-electron chi connectivity index (χ4n) is 2.14. The molecular weight excluding hydrogens is 306 g/mol. The first-order valence-corrected chi connectivity index (χ1v) is 7.82. The van der Waals surface area contributed by atoms with Gasteiger partial charge in [-0.25, -0.2) is 9.97 Å². The van der Waals surface area contributed by atoms with Crippen molar-refractivity contribution in [2.24, 2.45) is 0 Å². The van der Waals surface area contributed by atoms with Crippen LogP contribution in [0.25, 0.3) is 10.2 Å². The molecule has 0 fully saturated rings. The zero-order valence-corrected chi connectivity index (χ0v) is 13.4. The molecule has 0 spiro atoms. The van der Waals surface area contributed by atoms with Crippen molar-refractivity contribution < 1.29 is 4.79 Å². The van der Waals surface area contributed by atoms with Crippen molar-refractivity contribution in [1.29, 1.82) is 0 Å². The molecule has 3 N–H and O–H groups in total. The smallest absolute Gasteiger partial charge is 0.269 e. The van der Waals surface area contributed by atoms with Gasteiger partial charge >= 0.3 is 0 Å². The van der Waals surface area contributed by atoms with Gasteiger partial charge in [0.15, 0.2) is 0 Å². The second kappa shape index (κ2) is 5.05. The van der Waals surface area contributed by atoms with Crippen molar-refractivity contribution in [3.05, 3.63) is 28.0 Å². The average Bonchev–Trinajstić information content (AvgIpc) is 2.93. The van der Waals surface area contributed by atoms with Gasteiger partial charge in [-0.15, -0.1) is 11.3 Å². The second-order valence-electron chi connectivity index (χ2n) is 4.71. The van der Waals surface area contributed by atoms with Gasteiger partial charge in [0.05, 0.1) is 5.69 Å². The molecule has 0 bridgehead atoms. The van der Waals surface area contributed by atoms with Crippen molar-refractivity contribution in [1.82, 2.24) is 14.3 Å². The number of pyridine rings is 1. The molecule has 0 radical (unpaired) electrons. The number of nitrogens with zero attached hydrogens (tertiary/aromatic N) is 3. The Kier molecular flexibility index (Phi) is 3.34. The van der Waals surface area contributed by atoms with Crippen LogP contribution in [0.2, 0.25) is 0 Å². The SMILES string of the molecule is Cc1cc(C)c2c(N)c(C(=O)Nc3nc(C)ns3)sc2n1. The number of anilines is 2. The van der Waals surface area contributed by atoms with Crippen molar-refractivity contribution in [3.8, 4) is 0 Å². The topological polar surface area (TPSA) is 93.8 Å². The molecule has 3 aromatic heterocycles. The number of amides is 1. The molecule has 0 unspecified atom stereocenters. The Hall–Kier alpha value is -2.06. The Bertz CT molecular complexity index is 852. The summed E-state index contributed by atoms with van der Waals surface area (Å²) in [4.78, 5) is 22.1. The van der Waals surface area contributed by atoms with Crippen molar-refractivity contribution >= 4 is 49.8 Å². The van der Waals surface area contributed by atoms with E-state index in [1.54, 1.807) is 6.92 Å². The first-order chi connectivity index (χ1) is 9.95. The van der Waals surface area contributed by atoms with Gasteiger partial charge in [0.25, 0.3) is 5.91 Å². The van der Waals surface area contributed by atoms with Gasteiger partial charge in [-0.05, 0) is 32.4 Å². The van der Waals surface area contributed by atoms with Crippen LogP contribution in [0.15, 0.2) is 6.07 Å². The summed E-state index contributed by atoms with van der Waals surface area (Å²) < 4.78 is 4.03. The van der Waals surface area contributed by atoms with Gasteiger partial charge < -0.3 is 5.73 Å². The van der Waals surface area contributed by atoms with Crippen LogP contribution >= 0.6 is 22.9 Å². The number of rotatable bonds is 2. The maximum Gasteiger partial charge on any atom is 0.269 e.